The van der Waals surface area contributed by atoms with Crippen LogP contribution in [0.15, 0.2) is 24.3 Å². The second kappa shape index (κ2) is 8.85. The predicted octanol–water partition coefficient (Wildman–Crippen LogP) is 2.20. The van der Waals surface area contributed by atoms with Crippen LogP contribution in [0.25, 0.3) is 0 Å². The monoisotopic (exact) mass is 347 g/mol. The van der Waals surface area contributed by atoms with Gasteiger partial charge in [-0.2, -0.15) is 0 Å². The van der Waals surface area contributed by atoms with Gasteiger partial charge in [-0.05, 0) is 43.7 Å². The average Bonchev–Trinajstić information content (AvgIpc) is 2.66. The van der Waals surface area contributed by atoms with Crippen LogP contribution in [0.2, 0.25) is 0 Å². The first-order valence-electron chi connectivity index (χ1n) is 9.02. The molecule has 0 aromatic heterocycles. The Bertz CT molecular complexity index is 597. The van der Waals surface area contributed by atoms with Gasteiger partial charge in [0, 0.05) is 19.0 Å². The number of amides is 2. The van der Waals surface area contributed by atoms with Crippen molar-refractivity contribution in [2.75, 3.05) is 13.1 Å². The van der Waals surface area contributed by atoms with Crippen molar-refractivity contribution in [2.24, 2.45) is 11.8 Å². The predicted molar refractivity (Wildman–Crippen MR) is 96.9 cm³/mol. The average molecular weight is 347 g/mol. The number of hydrogen-bond acceptors (Lipinski definition) is 4. The molecule has 1 aromatic rings. The zero-order chi connectivity index (χ0) is 18.4. The molecule has 0 bridgehead atoms. The summed E-state index contributed by atoms with van der Waals surface area (Å²) in [6.07, 6.45) is 1.72. The molecule has 2 atom stereocenters. The number of likely N-dealkylation sites (tertiary alicyclic amines) is 1. The minimum absolute atomic E-state index is 0.0365. The number of carbonyl (C=O) groups excluding carboxylic acids is 2. The fraction of sp³-hybridized carbons (Fsp3) is 0.579. The second-order valence-corrected chi connectivity index (χ2v) is 6.72. The van der Waals surface area contributed by atoms with Crippen LogP contribution in [0.3, 0.4) is 0 Å². The molecule has 0 radical (unpaired) electrons. The highest BCUT2D eigenvalue weighted by Crippen LogP contribution is 2.29. The van der Waals surface area contributed by atoms with Crippen molar-refractivity contribution >= 4 is 11.8 Å². The van der Waals surface area contributed by atoms with E-state index in [1.807, 2.05) is 18.2 Å². The Labute approximate surface area is 149 Å². The normalized spacial score (nSPS) is 17.7. The van der Waals surface area contributed by atoms with Gasteiger partial charge < -0.3 is 9.64 Å². The number of piperidine rings is 1. The number of hydrazine groups is 1. The maximum Gasteiger partial charge on any atom is 0.263 e. The molecule has 1 fully saturated rings. The number of para-hydroxylation sites is 1. The van der Waals surface area contributed by atoms with Crippen molar-refractivity contribution in [1.29, 1.82) is 0 Å². The molecular weight excluding hydrogens is 318 g/mol. The van der Waals surface area contributed by atoms with Gasteiger partial charge in [0.25, 0.3) is 5.91 Å². The summed E-state index contributed by atoms with van der Waals surface area (Å²) >= 11 is 0. The quantitative estimate of drug-likeness (QED) is 0.469. The Balaban J connectivity index is 1.97. The van der Waals surface area contributed by atoms with Crippen LogP contribution < -0.4 is 16.0 Å². The van der Waals surface area contributed by atoms with E-state index in [4.69, 9.17) is 10.6 Å². The number of ether oxygens (including phenoxy) is 1. The van der Waals surface area contributed by atoms with E-state index >= 15 is 0 Å². The molecule has 1 aliphatic rings. The van der Waals surface area contributed by atoms with Gasteiger partial charge >= 0.3 is 0 Å². The zero-order valence-electron chi connectivity index (χ0n) is 15.3. The SMILES string of the molecule is CCC(C)c1ccccc1OC(C)C(=O)N1CCC(C(=O)NN)CC1. The van der Waals surface area contributed by atoms with E-state index in [1.165, 1.54) is 0 Å². The van der Waals surface area contributed by atoms with Gasteiger partial charge in [0.05, 0.1) is 0 Å². The topological polar surface area (TPSA) is 84.7 Å². The number of hydrogen-bond donors (Lipinski definition) is 2. The van der Waals surface area contributed by atoms with Gasteiger partial charge in [-0.25, -0.2) is 5.84 Å². The first kappa shape index (κ1) is 19.2. The molecule has 25 heavy (non-hydrogen) atoms. The molecule has 2 rings (SSSR count). The van der Waals surface area contributed by atoms with E-state index in [0.717, 1.165) is 17.7 Å². The van der Waals surface area contributed by atoms with E-state index in [1.54, 1.807) is 11.8 Å². The number of nitrogens with two attached hydrogens (primary N) is 1. The van der Waals surface area contributed by atoms with Gasteiger partial charge in [-0.1, -0.05) is 32.0 Å². The van der Waals surface area contributed by atoms with Crippen molar-refractivity contribution < 1.29 is 14.3 Å². The van der Waals surface area contributed by atoms with E-state index in [0.29, 0.717) is 31.8 Å². The first-order valence-corrected chi connectivity index (χ1v) is 9.02. The van der Waals surface area contributed by atoms with E-state index in [2.05, 4.69) is 25.3 Å². The summed E-state index contributed by atoms with van der Waals surface area (Å²) in [5, 5.41) is 0. The molecule has 1 saturated heterocycles. The van der Waals surface area contributed by atoms with Crippen molar-refractivity contribution in [3.05, 3.63) is 29.8 Å². The van der Waals surface area contributed by atoms with Crippen LogP contribution in [0.1, 0.15) is 51.5 Å². The highest BCUT2D eigenvalue weighted by molar-refractivity contribution is 5.82. The molecule has 1 aliphatic heterocycles. The number of nitrogens with one attached hydrogen (secondary N) is 1. The molecular formula is C19H29N3O3. The molecule has 138 valence electrons. The molecule has 6 heteroatoms. The molecule has 0 aliphatic carbocycles. The Hall–Kier alpha value is -2.08. The molecule has 1 heterocycles. The van der Waals surface area contributed by atoms with Gasteiger partial charge in [0.1, 0.15) is 5.75 Å². The molecule has 0 saturated carbocycles. The fourth-order valence-electron chi connectivity index (χ4n) is 3.19. The molecule has 6 nitrogen and oxygen atoms in total. The lowest BCUT2D eigenvalue weighted by molar-refractivity contribution is -0.141. The second-order valence-electron chi connectivity index (χ2n) is 6.72. The van der Waals surface area contributed by atoms with Crippen LogP contribution in [0.5, 0.6) is 5.75 Å². The van der Waals surface area contributed by atoms with E-state index in [9.17, 15) is 9.59 Å². The van der Waals surface area contributed by atoms with Crippen LogP contribution >= 0.6 is 0 Å². The summed E-state index contributed by atoms with van der Waals surface area (Å²) in [5.41, 5.74) is 3.32. The minimum Gasteiger partial charge on any atom is -0.481 e. The lowest BCUT2D eigenvalue weighted by Crippen LogP contribution is -2.47. The zero-order valence-corrected chi connectivity index (χ0v) is 15.3. The Kier molecular flexibility index (Phi) is 6.82. The standard InChI is InChI=1S/C19H29N3O3/c1-4-13(2)16-7-5-6-8-17(16)25-14(3)19(24)22-11-9-15(10-12-22)18(23)21-20/h5-8,13-15H,4,9-12,20H2,1-3H3,(H,21,23). The maximum absolute atomic E-state index is 12.7. The summed E-state index contributed by atoms with van der Waals surface area (Å²) in [4.78, 5) is 26.0. The molecule has 0 spiro atoms. The third-order valence-electron chi connectivity index (χ3n) is 5.03. The molecule has 2 amide bonds. The van der Waals surface area contributed by atoms with Crippen LogP contribution in [-0.4, -0.2) is 35.9 Å². The molecule has 2 unspecified atom stereocenters. The fourth-order valence-corrected chi connectivity index (χ4v) is 3.19. The van der Waals surface area contributed by atoms with Crippen molar-refractivity contribution in [1.82, 2.24) is 10.3 Å². The number of rotatable bonds is 6. The highest BCUT2D eigenvalue weighted by atomic mass is 16.5. The van der Waals surface area contributed by atoms with Gasteiger partial charge in [0.15, 0.2) is 6.10 Å². The summed E-state index contributed by atoms with van der Waals surface area (Å²) in [5.74, 6) is 6.03. The number of carbonyl (C=O) groups is 2. The van der Waals surface area contributed by atoms with Crippen molar-refractivity contribution in [2.45, 2.75) is 52.1 Å². The van der Waals surface area contributed by atoms with Gasteiger partial charge in [-0.3, -0.25) is 15.0 Å². The van der Waals surface area contributed by atoms with Crippen LogP contribution in [0.4, 0.5) is 0 Å². The third-order valence-corrected chi connectivity index (χ3v) is 5.03. The van der Waals surface area contributed by atoms with Crippen LogP contribution in [-0.2, 0) is 9.59 Å². The molecule has 1 aromatic carbocycles. The highest BCUT2D eigenvalue weighted by Gasteiger charge is 2.30. The van der Waals surface area contributed by atoms with Gasteiger partial charge in [-0.15, -0.1) is 0 Å². The number of nitrogens with zero attached hydrogens (tertiary/aromatic N) is 1. The Morgan fingerprint density at radius 3 is 2.52 bits per heavy atom. The van der Waals surface area contributed by atoms with Crippen molar-refractivity contribution in [3.63, 3.8) is 0 Å². The van der Waals surface area contributed by atoms with Crippen LogP contribution in [0, 0.1) is 5.92 Å². The Morgan fingerprint density at radius 1 is 1.28 bits per heavy atom. The summed E-state index contributed by atoms with van der Waals surface area (Å²) in [7, 11) is 0. The van der Waals surface area contributed by atoms with E-state index in [-0.39, 0.29) is 17.7 Å². The third kappa shape index (κ3) is 4.72. The summed E-state index contributed by atoms with van der Waals surface area (Å²) in [6.45, 7) is 7.18. The van der Waals surface area contributed by atoms with Gasteiger partial charge in [0.2, 0.25) is 5.91 Å². The minimum atomic E-state index is -0.551. The Morgan fingerprint density at radius 2 is 1.92 bits per heavy atom. The lowest BCUT2D eigenvalue weighted by atomic mass is 9.96. The molecule has 3 N–H and O–H groups in total. The van der Waals surface area contributed by atoms with E-state index < -0.39 is 6.10 Å². The largest absolute Gasteiger partial charge is 0.481 e. The lowest BCUT2D eigenvalue weighted by Gasteiger charge is -2.33. The summed E-state index contributed by atoms with van der Waals surface area (Å²) < 4.78 is 5.99. The maximum atomic E-state index is 12.7. The van der Waals surface area contributed by atoms with Crippen molar-refractivity contribution in [3.8, 4) is 5.75 Å². The first-order chi connectivity index (χ1) is 12.0. The summed E-state index contributed by atoms with van der Waals surface area (Å²) in [6, 6.07) is 7.89. The number of benzene rings is 1. The smallest absolute Gasteiger partial charge is 0.263 e.